The van der Waals surface area contributed by atoms with E-state index in [-0.39, 0.29) is 0 Å². The number of benzene rings is 1. The van der Waals surface area contributed by atoms with Crippen LogP contribution in [0.2, 0.25) is 0 Å². The van der Waals surface area contributed by atoms with Gasteiger partial charge in [-0.2, -0.15) is 8.42 Å². The van der Waals surface area contributed by atoms with Gasteiger partial charge in [0.25, 0.3) is 10.1 Å². The Morgan fingerprint density at radius 3 is 2.31 bits per heavy atom. The van der Waals surface area contributed by atoms with Gasteiger partial charge in [0.1, 0.15) is 0 Å². The fourth-order valence-corrected chi connectivity index (χ4v) is 1.64. The van der Waals surface area contributed by atoms with E-state index in [0.717, 1.165) is 0 Å². The van der Waals surface area contributed by atoms with Gasteiger partial charge in [0, 0.05) is 12.2 Å². The lowest BCUT2D eigenvalue weighted by molar-refractivity contribution is -0.136. The Bertz CT molecular complexity index is 456. The van der Waals surface area contributed by atoms with Crippen molar-refractivity contribution in [1.82, 2.24) is 0 Å². The van der Waals surface area contributed by atoms with Crippen LogP contribution < -0.4 is 5.32 Å². The summed E-state index contributed by atoms with van der Waals surface area (Å²) in [7, 11) is -4.60. The van der Waals surface area contributed by atoms with E-state index in [0.29, 0.717) is 5.69 Å². The average Bonchev–Trinajstić information content (AvgIpc) is 2.17. The maximum absolute atomic E-state index is 10.7. The van der Waals surface area contributed by atoms with Gasteiger partial charge in [0.2, 0.25) is 5.25 Å². The second-order valence-electron chi connectivity index (χ2n) is 3.09. The maximum atomic E-state index is 10.7. The van der Waals surface area contributed by atoms with Crippen molar-refractivity contribution in [1.29, 1.82) is 0 Å². The highest BCUT2D eigenvalue weighted by Crippen LogP contribution is 2.07. The molecule has 6 nitrogen and oxygen atoms in total. The minimum Gasteiger partial charge on any atom is -0.480 e. The summed E-state index contributed by atoms with van der Waals surface area (Å²) in [5.74, 6) is -1.59. The van der Waals surface area contributed by atoms with Crippen molar-refractivity contribution in [2.24, 2.45) is 0 Å². The van der Waals surface area contributed by atoms with Crippen molar-refractivity contribution >= 4 is 21.8 Å². The number of rotatable bonds is 5. The summed E-state index contributed by atoms with van der Waals surface area (Å²) >= 11 is 0. The quantitative estimate of drug-likeness (QED) is 0.650. The summed E-state index contributed by atoms with van der Waals surface area (Å²) in [6.07, 6.45) is 0. The molecule has 0 spiro atoms. The molecule has 1 unspecified atom stereocenters. The summed E-state index contributed by atoms with van der Waals surface area (Å²) < 4.78 is 30.1. The predicted octanol–water partition coefficient (Wildman–Crippen LogP) is 0.439. The van der Waals surface area contributed by atoms with Crippen LogP contribution in [0, 0.1) is 0 Å². The van der Waals surface area contributed by atoms with Gasteiger partial charge in [-0.3, -0.25) is 9.35 Å². The molecule has 0 heterocycles. The van der Waals surface area contributed by atoms with E-state index < -0.39 is 27.9 Å². The van der Waals surface area contributed by atoms with Crippen molar-refractivity contribution in [3.8, 4) is 0 Å². The lowest BCUT2D eigenvalue weighted by Gasteiger charge is -2.11. The SMILES string of the molecule is O=C(O)C(CNc1ccccc1)S(=O)(=O)O. The highest BCUT2D eigenvalue weighted by molar-refractivity contribution is 7.87. The van der Waals surface area contributed by atoms with Gasteiger partial charge in [-0.05, 0) is 12.1 Å². The first-order chi connectivity index (χ1) is 7.41. The maximum Gasteiger partial charge on any atom is 0.326 e. The Morgan fingerprint density at radius 1 is 1.31 bits per heavy atom. The molecule has 1 aromatic rings. The Labute approximate surface area is 92.7 Å². The topological polar surface area (TPSA) is 104 Å². The summed E-state index contributed by atoms with van der Waals surface area (Å²) in [5.41, 5.74) is 0.581. The second kappa shape index (κ2) is 4.95. The van der Waals surface area contributed by atoms with E-state index in [2.05, 4.69) is 5.32 Å². The molecule has 0 aliphatic heterocycles. The van der Waals surface area contributed by atoms with Crippen LogP contribution in [0.1, 0.15) is 0 Å². The van der Waals surface area contributed by atoms with E-state index in [1.54, 1.807) is 30.3 Å². The zero-order chi connectivity index (χ0) is 12.2. The van der Waals surface area contributed by atoms with E-state index in [1.807, 2.05) is 0 Å². The predicted molar refractivity (Wildman–Crippen MR) is 57.9 cm³/mol. The first-order valence-electron chi connectivity index (χ1n) is 4.39. The highest BCUT2D eigenvalue weighted by atomic mass is 32.2. The molecule has 0 aromatic heterocycles. The molecule has 1 aromatic carbocycles. The Morgan fingerprint density at radius 2 is 1.88 bits per heavy atom. The van der Waals surface area contributed by atoms with Crippen LogP contribution in [0.25, 0.3) is 0 Å². The Kier molecular flexibility index (Phi) is 3.86. The molecule has 0 amide bonds. The summed E-state index contributed by atoms with van der Waals surface area (Å²) in [6.45, 7) is -0.391. The van der Waals surface area contributed by atoms with Crippen molar-refractivity contribution in [3.05, 3.63) is 30.3 Å². The molecule has 0 saturated carbocycles. The number of para-hydroxylation sites is 1. The molecule has 7 heteroatoms. The Hall–Kier alpha value is -1.60. The van der Waals surface area contributed by atoms with Crippen LogP contribution in [-0.4, -0.2) is 35.8 Å². The summed E-state index contributed by atoms with van der Waals surface area (Å²) in [4.78, 5) is 10.6. The molecular weight excluding hydrogens is 234 g/mol. The lowest BCUT2D eigenvalue weighted by Crippen LogP contribution is -2.36. The van der Waals surface area contributed by atoms with E-state index >= 15 is 0 Å². The number of hydrogen-bond donors (Lipinski definition) is 3. The standard InChI is InChI=1S/C9H11NO5S/c11-9(12)8(16(13,14)15)6-10-7-4-2-1-3-5-7/h1-5,8,10H,6H2,(H,11,12)(H,13,14,15). The van der Waals surface area contributed by atoms with Gasteiger partial charge in [-0.25, -0.2) is 0 Å². The van der Waals surface area contributed by atoms with Gasteiger partial charge in [0.05, 0.1) is 0 Å². The minimum absolute atomic E-state index is 0.391. The third-order valence-electron chi connectivity index (χ3n) is 1.90. The number of nitrogens with one attached hydrogen (secondary N) is 1. The number of carboxylic acid groups (broad SMARTS) is 1. The first-order valence-corrected chi connectivity index (χ1v) is 5.89. The van der Waals surface area contributed by atoms with Crippen LogP contribution in [-0.2, 0) is 14.9 Å². The fraction of sp³-hybridized carbons (Fsp3) is 0.222. The third-order valence-corrected chi connectivity index (χ3v) is 2.99. The van der Waals surface area contributed by atoms with Gasteiger partial charge >= 0.3 is 5.97 Å². The van der Waals surface area contributed by atoms with Crippen LogP contribution in [0.15, 0.2) is 30.3 Å². The molecule has 16 heavy (non-hydrogen) atoms. The molecule has 0 bridgehead atoms. The van der Waals surface area contributed by atoms with Gasteiger partial charge in [-0.1, -0.05) is 18.2 Å². The minimum atomic E-state index is -4.60. The molecule has 0 radical (unpaired) electrons. The number of carboxylic acids is 1. The zero-order valence-electron chi connectivity index (χ0n) is 8.20. The number of carbonyl (C=O) groups is 1. The smallest absolute Gasteiger partial charge is 0.326 e. The Balaban J connectivity index is 2.69. The average molecular weight is 245 g/mol. The molecule has 0 aliphatic carbocycles. The number of anilines is 1. The largest absolute Gasteiger partial charge is 0.480 e. The van der Waals surface area contributed by atoms with Crippen LogP contribution in [0.3, 0.4) is 0 Å². The molecule has 0 saturated heterocycles. The van der Waals surface area contributed by atoms with E-state index in [4.69, 9.17) is 9.66 Å². The highest BCUT2D eigenvalue weighted by Gasteiger charge is 2.30. The van der Waals surface area contributed by atoms with E-state index in [9.17, 15) is 13.2 Å². The van der Waals surface area contributed by atoms with Crippen molar-refractivity contribution < 1.29 is 22.9 Å². The molecule has 3 N–H and O–H groups in total. The van der Waals surface area contributed by atoms with Crippen molar-refractivity contribution in [2.75, 3.05) is 11.9 Å². The normalized spacial score (nSPS) is 13.1. The van der Waals surface area contributed by atoms with Gasteiger partial charge < -0.3 is 10.4 Å². The van der Waals surface area contributed by atoms with Crippen LogP contribution in [0.4, 0.5) is 5.69 Å². The molecule has 1 rings (SSSR count). The molecule has 88 valence electrons. The van der Waals surface area contributed by atoms with Gasteiger partial charge in [0.15, 0.2) is 0 Å². The second-order valence-corrected chi connectivity index (χ2v) is 4.69. The van der Waals surface area contributed by atoms with Crippen molar-refractivity contribution in [3.63, 3.8) is 0 Å². The number of hydrogen-bond acceptors (Lipinski definition) is 4. The van der Waals surface area contributed by atoms with Gasteiger partial charge in [-0.15, -0.1) is 0 Å². The van der Waals surface area contributed by atoms with E-state index in [1.165, 1.54) is 0 Å². The fourth-order valence-electron chi connectivity index (χ4n) is 1.09. The lowest BCUT2D eigenvalue weighted by atomic mass is 10.3. The van der Waals surface area contributed by atoms with Crippen LogP contribution in [0.5, 0.6) is 0 Å². The summed E-state index contributed by atoms with van der Waals surface area (Å²) in [5, 5.41) is 9.35. The summed E-state index contributed by atoms with van der Waals surface area (Å²) in [6, 6.07) is 8.51. The van der Waals surface area contributed by atoms with Crippen LogP contribution >= 0.6 is 0 Å². The number of aliphatic carboxylic acids is 1. The molecule has 1 atom stereocenters. The monoisotopic (exact) mass is 245 g/mol. The van der Waals surface area contributed by atoms with Crippen molar-refractivity contribution in [2.45, 2.75) is 5.25 Å². The third kappa shape index (κ3) is 3.52. The first kappa shape index (κ1) is 12.5. The molecule has 0 aliphatic rings. The zero-order valence-corrected chi connectivity index (χ0v) is 9.02. The molecule has 0 fully saturated rings. The molecular formula is C9H11NO5S.